The van der Waals surface area contributed by atoms with Crippen molar-refractivity contribution < 1.29 is 9.59 Å². The maximum Gasteiger partial charge on any atom is 0.266 e. The van der Waals surface area contributed by atoms with E-state index in [1.54, 1.807) is 48.5 Å². The molecule has 0 aliphatic rings. The number of hydrogen-bond donors (Lipinski definition) is 2. The predicted molar refractivity (Wildman–Crippen MR) is 105 cm³/mol. The zero-order chi connectivity index (χ0) is 19.4. The Bertz CT molecular complexity index is 1080. The van der Waals surface area contributed by atoms with Gasteiger partial charge in [-0.2, -0.15) is 0 Å². The number of aromatic nitrogens is 2. The molecule has 0 aliphatic heterocycles. The maximum absolute atomic E-state index is 13.1. The van der Waals surface area contributed by atoms with Gasteiger partial charge in [-0.3, -0.25) is 29.8 Å². The van der Waals surface area contributed by atoms with E-state index in [2.05, 4.69) is 15.8 Å². The van der Waals surface area contributed by atoms with Gasteiger partial charge in [0, 0.05) is 6.92 Å². The van der Waals surface area contributed by atoms with Crippen LogP contribution in [0.5, 0.6) is 0 Å². The molecule has 1 heterocycles. The summed E-state index contributed by atoms with van der Waals surface area (Å²) in [6.07, 6.45) is 0. The Morgan fingerprint density at radius 2 is 1.81 bits per heavy atom. The van der Waals surface area contributed by atoms with Crippen LogP contribution in [0.3, 0.4) is 0 Å². The van der Waals surface area contributed by atoms with Crippen LogP contribution in [0, 0.1) is 0 Å². The molecule has 0 unspecified atom stereocenters. The second-order valence-electron chi connectivity index (χ2n) is 5.52. The van der Waals surface area contributed by atoms with E-state index in [4.69, 9.17) is 11.6 Å². The minimum atomic E-state index is -0.427. The van der Waals surface area contributed by atoms with Crippen LogP contribution in [-0.2, 0) is 9.59 Å². The van der Waals surface area contributed by atoms with E-state index >= 15 is 0 Å². The third-order valence-electron chi connectivity index (χ3n) is 3.55. The quantitative estimate of drug-likeness (QED) is 0.397. The molecule has 0 saturated carbocycles. The number of carbonyl (C=O) groups is 2. The fourth-order valence-electron chi connectivity index (χ4n) is 2.38. The van der Waals surface area contributed by atoms with Crippen LogP contribution in [0.15, 0.2) is 58.5 Å². The summed E-state index contributed by atoms with van der Waals surface area (Å²) in [5.74, 6) is -0.858. The third-order valence-corrected chi connectivity index (χ3v) is 4.81. The SMILES string of the molecule is CC(=O)NNC(=O)CSc1nc2ccccc2c(=O)n1-c1ccccc1Cl. The average molecular weight is 403 g/mol. The molecule has 138 valence electrons. The molecule has 27 heavy (non-hydrogen) atoms. The highest BCUT2D eigenvalue weighted by Gasteiger charge is 2.16. The molecule has 9 heteroatoms. The van der Waals surface area contributed by atoms with Crippen molar-refractivity contribution in [1.29, 1.82) is 0 Å². The van der Waals surface area contributed by atoms with E-state index in [-0.39, 0.29) is 17.2 Å². The molecule has 0 radical (unpaired) electrons. The number of nitrogens with one attached hydrogen (secondary N) is 2. The summed E-state index contributed by atoms with van der Waals surface area (Å²) < 4.78 is 1.39. The number of hydrazine groups is 1. The van der Waals surface area contributed by atoms with Crippen LogP contribution < -0.4 is 16.4 Å². The van der Waals surface area contributed by atoms with E-state index in [0.29, 0.717) is 26.8 Å². The molecule has 0 atom stereocenters. The summed E-state index contributed by atoms with van der Waals surface area (Å²) in [6, 6.07) is 13.9. The second-order valence-corrected chi connectivity index (χ2v) is 6.87. The molecule has 2 amide bonds. The number of carbonyl (C=O) groups excluding carboxylic acids is 2. The zero-order valence-corrected chi connectivity index (χ0v) is 15.8. The van der Waals surface area contributed by atoms with Gasteiger partial charge in [0.1, 0.15) is 0 Å². The molecule has 2 N–H and O–H groups in total. The Labute approximate surface area is 163 Å². The van der Waals surface area contributed by atoms with Crippen LogP contribution in [-0.4, -0.2) is 27.1 Å². The van der Waals surface area contributed by atoms with Gasteiger partial charge < -0.3 is 0 Å². The molecule has 3 rings (SSSR count). The van der Waals surface area contributed by atoms with Gasteiger partial charge in [-0.1, -0.05) is 47.6 Å². The Hall–Kier alpha value is -2.84. The van der Waals surface area contributed by atoms with Crippen LogP contribution in [0.2, 0.25) is 5.02 Å². The fourth-order valence-corrected chi connectivity index (χ4v) is 3.40. The molecule has 7 nitrogen and oxygen atoms in total. The summed E-state index contributed by atoms with van der Waals surface area (Å²) in [4.78, 5) is 40.4. The molecule has 3 aromatic rings. The van der Waals surface area contributed by atoms with Crippen molar-refractivity contribution in [3.05, 3.63) is 63.9 Å². The third kappa shape index (κ3) is 4.29. The van der Waals surface area contributed by atoms with Gasteiger partial charge in [-0.05, 0) is 24.3 Å². The van der Waals surface area contributed by atoms with Crippen LogP contribution in [0.25, 0.3) is 16.6 Å². The molecular formula is C18H15ClN4O3S. The highest BCUT2D eigenvalue weighted by Crippen LogP contribution is 2.25. The number of nitrogens with zero attached hydrogens (tertiary/aromatic N) is 2. The number of thioether (sulfide) groups is 1. The van der Waals surface area contributed by atoms with Crippen molar-refractivity contribution in [3.63, 3.8) is 0 Å². The van der Waals surface area contributed by atoms with Gasteiger partial charge in [0.25, 0.3) is 5.56 Å². The number of para-hydroxylation sites is 2. The lowest BCUT2D eigenvalue weighted by Crippen LogP contribution is -2.41. The van der Waals surface area contributed by atoms with Crippen molar-refractivity contribution in [3.8, 4) is 5.69 Å². The lowest BCUT2D eigenvalue weighted by molar-refractivity contribution is -0.126. The number of halogens is 1. The predicted octanol–water partition coefficient (Wildman–Crippen LogP) is 2.30. The number of rotatable bonds is 4. The Morgan fingerprint density at radius 3 is 2.56 bits per heavy atom. The second kappa shape index (κ2) is 8.24. The maximum atomic E-state index is 13.1. The number of hydrogen-bond acceptors (Lipinski definition) is 5. The highest BCUT2D eigenvalue weighted by molar-refractivity contribution is 7.99. The van der Waals surface area contributed by atoms with Crippen LogP contribution in [0.4, 0.5) is 0 Å². The normalized spacial score (nSPS) is 10.6. The van der Waals surface area contributed by atoms with Gasteiger partial charge in [0.2, 0.25) is 11.8 Å². The molecule has 0 fully saturated rings. The van der Waals surface area contributed by atoms with Crippen molar-refractivity contribution >= 4 is 46.1 Å². The fraction of sp³-hybridized carbons (Fsp3) is 0.111. The molecule has 0 spiro atoms. The van der Waals surface area contributed by atoms with Gasteiger partial charge in [0.05, 0.1) is 27.4 Å². The molecule has 0 saturated heterocycles. The molecule has 0 aliphatic carbocycles. The molecular weight excluding hydrogens is 388 g/mol. The Morgan fingerprint density at radius 1 is 1.11 bits per heavy atom. The van der Waals surface area contributed by atoms with Gasteiger partial charge >= 0.3 is 0 Å². The van der Waals surface area contributed by atoms with Crippen molar-refractivity contribution in [1.82, 2.24) is 20.4 Å². The van der Waals surface area contributed by atoms with Crippen molar-refractivity contribution in [2.24, 2.45) is 0 Å². The highest BCUT2D eigenvalue weighted by atomic mass is 35.5. The smallest absolute Gasteiger partial charge is 0.266 e. The number of benzene rings is 2. The lowest BCUT2D eigenvalue weighted by Gasteiger charge is -2.14. The number of amides is 2. The minimum Gasteiger partial charge on any atom is -0.274 e. The largest absolute Gasteiger partial charge is 0.274 e. The monoisotopic (exact) mass is 402 g/mol. The number of fused-ring (bicyclic) bond motifs is 1. The summed E-state index contributed by atoms with van der Waals surface area (Å²) >= 11 is 7.35. The standard InChI is InChI=1S/C18H15ClN4O3S/c1-11(24)21-22-16(25)10-27-18-20-14-8-4-2-6-12(14)17(26)23(18)15-9-5-3-7-13(15)19/h2-9H,10H2,1H3,(H,21,24)(H,22,25). The average Bonchev–Trinajstić information content (AvgIpc) is 2.66. The van der Waals surface area contributed by atoms with Crippen LogP contribution in [0.1, 0.15) is 6.92 Å². The summed E-state index contributed by atoms with van der Waals surface area (Å²) in [6.45, 7) is 1.29. The minimum absolute atomic E-state index is 0.0461. The van der Waals surface area contributed by atoms with Crippen LogP contribution >= 0.6 is 23.4 Å². The summed E-state index contributed by atoms with van der Waals surface area (Å²) in [5, 5.41) is 1.16. The van der Waals surface area contributed by atoms with E-state index in [0.717, 1.165) is 11.8 Å². The first-order chi connectivity index (χ1) is 13.0. The van der Waals surface area contributed by atoms with E-state index < -0.39 is 5.91 Å². The molecule has 2 aromatic carbocycles. The van der Waals surface area contributed by atoms with Gasteiger partial charge in [-0.15, -0.1) is 0 Å². The van der Waals surface area contributed by atoms with E-state index in [9.17, 15) is 14.4 Å². The first-order valence-electron chi connectivity index (χ1n) is 7.92. The molecule has 0 bridgehead atoms. The lowest BCUT2D eigenvalue weighted by atomic mass is 10.2. The Kier molecular flexibility index (Phi) is 5.78. The van der Waals surface area contributed by atoms with Gasteiger partial charge in [-0.25, -0.2) is 4.98 Å². The first kappa shape index (κ1) is 18.9. The van der Waals surface area contributed by atoms with Crippen molar-refractivity contribution in [2.45, 2.75) is 12.1 Å². The Balaban J connectivity index is 2.04. The van der Waals surface area contributed by atoms with E-state index in [1.165, 1.54) is 11.5 Å². The van der Waals surface area contributed by atoms with Crippen molar-refractivity contribution in [2.75, 3.05) is 5.75 Å². The molecule has 1 aromatic heterocycles. The topological polar surface area (TPSA) is 93.1 Å². The summed E-state index contributed by atoms with van der Waals surface area (Å²) in [5.41, 5.74) is 5.21. The zero-order valence-electron chi connectivity index (χ0n) is 14.2. The van der Waals surface area contributed by atoms with E-state index in [1.807, 2.05) is 0 Å². The first-order valence-corrected chi connectivity index (χ1v) is 9.28. The summed E-state index contributed by atoms with van der Waals surface area (Å²) in [7, 11) is 0. The van der Waals surface area contributed by atoms with Gasteiger partial charge in [0.15, 0.2) is 5.16 Å².